The monoisotopic (exact) mass is 679 g/mol. The van der Waals surface area contributed by atoms with E-state index in [0.29, 0.717) is 45.0 Å². The molecule has 2 aliphatic heterocycles. The lowest BCUT2D eigenvalue weighted by atomic mass is 9.99. The molecule has 2 aromatic heterocycles. The van der Waals surface area contributed by atoms with Crippen LogP contribution in [-0.2, 0) is 24.2 Å². The van der Waals surface area contributed by atoms with Crippen LogP contribution in [0.25, 0.3) is 0 Å². The number of hydrogen-bond acceptors (Lipinski definition) is 8. The summed E-state index contributed by atoms with van der Waals surface area (Å²) in [6.07, 6.45) is 4.22. The van der Waals surface area contributed by atoms with Crippen molar-refractivity contribution < 1.29 is 9.13 Å². The highest BCUT2D eigenvalue weighted by molar-refractivity contribution is 14.2. The van der Waals surface area contributed by atoms with Crippen LogP contribution in [0, 0.1) is 5.82 Å². The highest BCUT2D eigenvalue weighted by Gasteiger charge is 2.28. The van der Waals surface area contributed by atoms with E-state index < -0.39 is 0 Å². The van der Waals surface area contributed by atoms with Gasteiger partial charge < -0.3 is 9.64 Å². The lowest BCUT2D eigenvalue weighted by molar-refractivity contribution is 0.0340. The molecule has 0 saturated carbocycles. The number of benzene rings is 1. The largest absolute Gasteiger partial charge is 0.379 e. The average Bonchev–Trinajstić information content (AvgIpc) is 3.35. The van der Waals surface area contributed by atoms with Gasteiger partial charge in [0.15, 0.2) is 0 Å². The summed E-state index contributed by atoms with van der Waals surface area (Å²) >= 11 is 12.0. The molecule has 37 heavy (non-hydrogen) atoms. The predicted molar refractivity (Wildman–Crippen MR) is 157 cm³/mol. The molecule has 2 atom stereocenters. The molecule has 0 radical (unpaired) electrons. The number of aromatic nitrogens is 5. The Balaban J connectivity index is 0.00000156. The van der Waals surface area contributed by atoms with Crippen LogP contribution >= 0.6 is 52.6 Å². The molecular weight excluding hydrogens is 651 g/mol. The van der Waals surface area contributed by atoms with Crippen LogP contribution in [0.5, 0.6) is 0 Å². The molecule has 2 unspecified atom stereocenters. The van der Waals surface area contributed by atoms with Crippen molar-refractivity contribution >= 4 is 58.3 Å². The van der Waals surface area contributed by atoms with Gasteiger partial charge in [-0.2, -0.15) is 17.7 Å². The highest BCUT2D eigenvalue weighted by atomic mass is 127. The number of anilines is 1. The fourth-order valence-corrected chi connectivity index (χ4v) is 6.34. The zero-order valence-corrected chi connectivity index (χ0v) is 25.4. The minimum atomic E-state index is -0.288. The molecule has 2 aliphatic rings. The second-order valence-corrected chi connectivity index (χ2v) is 11.1. The van der Waals surface area contributed by atoms with E-state index in [9.17, 15) is 9.18 Å². The average molecular weight is 680 g/mol. The molecule has 0 spiro atoms. The van der Waals surface area contributed by atoms with Crippen molar-refractivity contribution in [3.63, 3.8) is 0 Å². The summed E-state index contributed by atoms with van der Waals surface area (Å²) in [5.41, 5.74) is 4.20. The van der Waals surface area contributed by atoms with Crippen LogP contribution in [0.15, 0.2) is 29.2 Å². The van der Waals surface area contributed by atoms with Crippen LogP contribution in [0.3, 0.4) is 0 Å². The number of rotatable bonds is 6. The number of thiol groups is 1. The molecule has 14 heteroatoms. The molecular formula is C23H29ClFIN7O2PS. The van der Waals surface area contributed by atoms with Gasteiger partial charge in [0.2, 0.25) is 0 Å². The number of morpholine rings is 1. The Kier molecular flexibility index (Phi) is 10.2. The summed E-state index contributed by atoms with van der Waals surface area (Å²) in [7, 11) is 0. The van der Waals surface area contributed by atoms with Crippen LogP contribution in [0.1, 0.15) is 35.5 Å². The summed E-state index contributed by atoms with van der Waals surface area (Å²) in [6.45, 7) is 6.94. The standard InChI is InChI=1S/C22H25ClFIN7O2P.CH4S/c1-14(17-3-2-16(24)10-15(17)12-29-6-8-34-9-7-29)31-19-4-5-30(13-18(19)27-28-31)20-11-26-32(35-25)22(33)21(20)23;1-2/h2-3,10-11,14,35H,4-9,12-13H2,1H3;2H,1H3. The van der Waals surface area contributed by atoms with Crippen molar-refractivity contribution in [2.75, 3.05) is 44.0 Å². The zero-order chi connectivity index (χ0) is 26.5. The van der Waals surface area contributed by atoms with Crippen LogP contribution in [-0.4, -0.2) is 68.5 Å². The number of halogens is 3. The Hall–Kier alpha value is -1.31. The van der Waals surface area contributed by atoms with Gasteiger partial charge in [0.25, 0.3) is 5.56 Å². The van der Waals surface area contributed by atoms with E-state index in [1.54, 1.807) is 18.5 Å². The predicted octanol–water partition coefficient (Wildman–Crippen LogP) is 3.97. The van der Waals surface area contributed by atoms with Crippen molar-refractivity contribution in [3.8, 4) is 0 Å². The lowest BCUT2D eigenvalue weighted by Gasteiger charge is -2.30. The van der Waals surface area contributed by atoms with Crippen LogP contribution in [0.2, 0.25) is 5.02 Å². The fourth-order valence-electron chi connectivity index (χ4n) is 4.70. The van der Waals surface area contributed by atoms with Gasteiger partial charge in [-0.25, -0.2) is 13.5 Å². The lowest BCUT2D eigenvalue weighted by Crippen LogP contribution is -2.36. The summed E-state index contributed by atoms with van der Waals surface area (Å²) in [5.74, 6) is -0.240. The maximum Gasteiger partial charge on any atom is 0.291 e. The van der Waals surface area contributed by atoms with Gasteiger partial charge in [-0.1, -0.05) is 22.9 Å². The van der Waals surface area contributed by atoms with E-state index in [-0.39, 0.29) is 28.8 Å². The first kappa shape index (κ1) is 28.7. The maximum absolute atomic E-state index is 14.2. The molecule has 1 aromatic carbocycles. The number of nitrogens with zero attached hydrogens (tertiary/aromatic N) is 7. The number of hydrogen-bond donors (Lipinski definition) is 1. The van der Waals surface area contributed by atoms with Gasteiger partial charge >= 0.3 is 0 Å². The van der Waals surface area contributed by atoms with E-state index in [1.165, 1.54) is 10.5 Å². The third-order valence-electron chi connectivity index (χ3n) is 6.57. The Morgan fingerprint density at radius 2 is 2.03 bits per heavy atom. The topological polar surface area (TPSA) is 81.3 Å². The van der Waals surface area contributed by atoms with Gasteiger partial charge in [-0.05, 0) is 58.5 Å². The molecule has 0 amide bonds. The molecule has 5 rings (SSSR count). The Labute approximate surface area is 240 Å². The van der Waals surface area contributed by atoms with Crippen LogP contribution in [0.4, 0.5) is 10.1 Å². The summed E-state index contributed by atoms with van der Waals surface area (Å²) in [5, 5.41) is 13.3. The van der Waals surface area contributed by atoms with Crippen molar-refractivity contribution in [2.45, 2.75) is 32.5 Å². The quantitative estimate of drug-likeness (QED) is 0.240. The third kappa shape index (κ3) is 6.30. The second kappa shape index (κ2) is 13.2. The SMILES string of the molecule is CC(c1ccc(F)cc1CN1CCOCC1)n1nnc2c1CCN(c1cnn(PI)c(=O)c1Cl)C2.CS. The summed E-state index contributed by atoms with van der Waals surface area (Å²) < 4.78 is 22.9. The molecule has 0 N–H and O–H groups in total. The Morgan fingerprint density at radius 3 is 2.76 bits per heavy atom. The van der Waals surface area contributed by atoms with E-state index in [0.717, 1.165) is 35.6 Å². The Morgan fingerprint density at radius 1 is 1.27 bits per heavy atom. The highest BCUT2D eigenvalue weighted by Crippen LogP contribution is 2.31. The normalized spacial score (nSPS) is 17.0. The van der Waals surface area contributed by atoms with Gasteiger partial charge in [0.1, 0.15) is 16.5 Å². The Bertz CT molecular complexity index is 1290. The maximum atomic E-state index is 14.2. The second-order valence-electron chi connectivity index (χ2n) is 8.65. The zero-order valence-electron chi connectivity index (χ0n) is 20.6. The first-order valence-electron chi connectivity index (χ1n) is 11.8. The van der Waals surface area contributed by atoms with Gasteiger partial charge in [-0.3, -0.25) is 9.69 Å². The minimum absolute atomic E-state index is 0.103. The minimum Gasteiger partial charge on any atom is -0.379 e. The summed E-state index contributed by atoms with van der Waals surface area (Å²) in [4.78, 5) is 16.7. The molecule has 0 aliphatic carbocycles. The molecule has 0 bridgehead atoms. The summed E-state index contributed by atoms with van der Waals surface area (Å²) in [6, 6.07) is 4.88. The van der Waals surface area contributed by atoms with Crippen molar-refractivity contribution in [3.05, 3.63) is 68.1 Å². The molecule has 200 valence electrons. The first-order chi connectivity index (χ1) is 18.0. The van der Waals surface area contributed by atoms with Crippen molar-refractivity contribution in [1.29, 1.82) is 0 Å². The molecule has 4 heterocycles. The third-order valence-corrected chi connectivity index (χ3v) is 8.78. The van der Waals surface area contributed by atoms with E-state index in [4.69, 9.17) is 16.3 Å². The fraction of sp³-hybridized carbons (Fsp3) is 0.478. The molecule has 1 fully saturated rings. The van der Waals surface area contributed by atoms with E-state index in [2.05, 4.69) is 61.9 Å². The van der Waals surface area contributed by atoms with E-state index in [1.807, 2.05) is 15.6 Å². The van der Waals surface area contributed by atoms with Gasteiger partial charge in [0.05, 0.1) is 49.8 Å². The number of fused-ring (bicyclic) bond motifs is 1. The van der Waals surface area contributed by atoms with Gasteiger partial charge in [-0.15, -0.1) is 5.10 Å². The molecule has 3 aromatic rings. The van der Waals surface area contributed by atoms with Crippen molar-refractivity contribution in [1.82, 2.24) is 29.4 Å². The number of ether oxygens (including phenoxy) is 1. The molecule has 9 nitrogen and oxygen atoms in total. The van der Waals surface area contributed by atoms with Crippen molar-refractivity contribution in [2.24, 2.45) is 0 Å². The smallest absolute Gasteiger partial charge is 0.291 e. The molecule has 1 saturated heterocycles. The van der Waals surface area contributed by atoms with Crippen LogP contribution < -0.4 is 10.5 Å². The van der Waals surface area contributed by atoms with E-state index >= 15 is 0 Å². The van der Waals surface area contributed by atoms with Gasteiger partial charge in [0, 0.05) is 32.6 Å². The first-order valence-corrected chi connectivity index (χ1v) is 17.1.